The highest BCUT2D eigenvalue weighted by molar-refractivity contribution is 6.30. The molecule has 3 heterocycles. The molecule has 0 amide bonds. The highest BCUT2D eigenvalue weighted by Gasteiger charge is 2.19. The van der Waals surface area contributed by atoms with E-state index in [0.717, 1.165) is 24.8 Å². The lowest BCUT2D eigenvalue weighted by Crippen LogP contribution is -2.19. The molecule has 1 aromatic carbocycles. The van der Waals surface area contributed by atoms with Gasteiger partial charge in [-0.15, -0.1) is 0 Å². The van der Waals surface area contributed by atoms with Gasteiger partial charge in [0.05, 0.1) is 31.2 Å². The summed E-state index contributed by atoms with van der Waals surface area (Å²) in [5.74, 6) is 0.876. The Morgan fingerprint density at radius 1 is 1.06 bits per heavy atom. The molecule has 3 aromatic heterocycles. The van der Waals surface area contributed by atoms with Gasteiger partial charge in [0.25, 0.3) is 5.56 Å². The maximum absolute atomic E-state index is 13.1. The van der Waals surface area contributed by atoms with Gasteiger partial charge in [-0.05, 0) is 18.6 Å². The van der Waals surface area contributed by atoms with E-state index in [4.69, 9.17) is 26.1 Å². The van der Waals surface area contributed by atoms with Crippen molar-refractivity contribution >= 4 is 17.4 Å². The van der Waals surface area contributed by atoms with Crippen LogP contribution >= 0.6 is 11.6 Å². The fourth-order valence-corrected chi connectivity index (χ4v) is 3.73. The van der Waals surface area contributed by atoms with Gasteiger partial charge in [-0.1, -0.05) is 43.5 Å². The minimum absolute atomic E-state index is 0.192. The molecule has 0 radical (unpaired) electrons. The molecule has 0 saturated carbocycles. The van der Waals surface area contributed by atoms with Crippen molar-refractivity contribution in [1.29, 1.82) is 0 Å². The summed E-state index contributed by atoms with van der Waals surface area (Å²) in [7, 11) is 3.02. The van der Waals surface area contributed by atoms with E-state index < -0.39 is 0 Å². The van der Waals surface area contributed by atoms with Gasteiger partial charge in [0.1, 0.15) is 0 Å². The molecule has 0 aliphatic rings. The molecule has 0 spiro atoms. The first-order valence-electron chi connectivity index (χ1n) is 10.4. The van der Waals surface area contributed by atoms with Gasteiger partial charge in [-0.3, -0.25) is 9.20 Å². The van der Waals surface area contributed by atoms with Gasteiger partial charge in [0.15, 0.2) is 0 Å². The molecule has 0 aliphatic heterocycles. The molecule has 0 saturated heterocycles. The molecule has 0 atom stereocenters. The Bertz CT molecular complexity index is 1300. The number of ether oxygens (including phenoxy) is 2. The Hall–Kier alpha value is -3.39. The van der Waals surface area contributed by atoms with E-state index in [1.807, 2.05) is 16.7 Å². The average molecular weight is 454 g/mol. The second kappa shape index (κ2) is 9.40. The van der Waals surface area contributed by atoms with Crippen LogP contribution < -0.4 is 15.0 Å². The van der Waals surface area contributed by atoms with Crippen LogP contribution in [0.2, 0.25) is 5.02 Å². The summed E-state index contributed by atoms with van der Waals surface area (Å²) in [6.07, 6.45) is 6.42. The van der Waals surface area contributed by atoms with Gasteiger partial charge >= 0.3 is 6.01 Å². The standard InChI is InChI=1S/C23H24ClN5O3/c1-4-5-6-11-28-19(17-13-25-22(32-3)27-21(17)31-2)12-20(30)29-14-18(26-23(28)29)15-7-9-16(24)10-8-15/h7-10,12-14H,4-6,11H2,1-3H3. The Balaban J connectivity index is 1.93. The number of hydrogen-bond acceptors (Lipinski definition) is 6. The molecule has 166 valence electrons. The van der Waals surface area contributed by atoms with Gasteiger partial charge in [0.2, 0.25) is 11.7 Å². The molecule has 4 aromatic rings. The van der Waals surface area contributed by atoms with Crippen LogP contribution in [0.25, 0.3) is 28.3 Å². The lowest BCUT2D eigenvalue weighted by atomic mass is 10.2. The molecule has 0 aliphatic carbocycles. The lowest BCUT2D eigenvalue weighted by molar-refractivity contribution is 0.353. The quantitative estimate of drug-likeness (QED) is 0.366. The number of imidazole rings is 1. The average Bonchev–Trinajstić information content (AvgIpc) is 3.26. The largest absolute Gasteiger partial charge is 0.480 e. The summed E-state index contributed by atoms with van der Waals surface area (Å²) in [4.78, 5) is 26.4. The van der Waals surface area contributed by atoms with Crippen LogP contribution in [0.1, 0.15) is 26.2 Å². The van der Waals surface area contributed by atoms with Crippen molar-refractivity contribution in [3.05, 3.63) is 58.1 Å². The van der Waals surface area contributed by atoms with Crippen LogP contribution in [0.3, 0.4) is 0 Å². The SMILES string of the molecule is CCCCCn1c(-c2cnc(OC)nc2OC)cc(=O)n2cc(-c3ccc(Cl)cc3)nc12. The molecule has 32 heavy (non-hydrogen) atoms. The third kappa shape index (κ3) is 4.18. The van der Waals surface area contributed by atoms with Crippen LogP contribution in [0.15, 0.2) is 47.5 Å². The summed E-state index contributed by atoms with van der Waals surface area (Å²) in [6.45, 7) is 2.83. The number of unbranched alkanes of at least 4 members (excludes halogenated alkanes) is 2. The maximum atomic E-state index is 13.1. The van der Waals surface area contributed by atoms with E-state index in [-0.39, 0.29) is 11.6 Å². The molecule has 8 nitrogen and oxygen atoms in total. The van der Waals surface area contributed by atoms with Crippen LogP contribution in [-0.4, -0.2) is 38.1 Å². The van der Waals surface area contributed by atoms with E-state index in [1.54, 1.807) is 35.0 Å². The topological polar surface area (TPSA) is 83.5 Å². The number of fused-ring (bicyclic) bond motifs is 1. The van der Waals surface area contributed by atoms with E-state index in [2.05, 4.69) is 16.9 Å². The summed E-state index contributed by atoms with van der Waals surface area (Å²) < 4.78 is 14.2. The van der Waals surface area contributed by atoms with Crippen LogP contribution in [0.4, 0.5) is 0 Å². The van der Waals surface area contributed by atoms with Crippen molar-refractivity contribution in [2.75, 3.05) is 14.2 Å². The molecule has 0 unspecified atom stereocenters. The highest BCUT2D eigenvalue weighted by atomic mass is 35.5. The minimum atomic E-state index is -0.202. The number of aromatic nitrogens is 5. The second-order valence-corrected chi connectivity index (χ2v) is 7.75. The van der Waals surface area contributed by atoms with Crippen LogP contribution in [0, 0.1) is 0 Å². The Morgan fingerprint density at radius 2 is 1.84 bits per heavy atom. The van der Waals surface area contributed by atoms with E-state index in [0.29, 0.717) is 40.2 Å². The first-order valence-corrected chi connectivity index (χ1v) is 10.8. The van der Waals surface area contributed by atoms with E-state index >= 15 is 0 Å². The molecule has 0 N–H and O–H groups in total. The maximum Gasteiger partial charge on any atom is 0.319 e. The first-order chi connectivity index (χ1) is 15.5. The lowest BCUT2D eigenvalue weighted by Gasteiger charge is -2.16. The summed E-state index contributed by atoms with van der Waals surface area (Å²) >= 11 is 6.03. The third-order valence-electron chi connectivity index (χ3n) is 5.23. The Morgan fingerprint density at radius 3 is 2.53 bits per heavy atom. The number of benzene rings is 1. The summed E-state index contributed by atoms with van der Waals surface area (Å²) in [5.41, 5.74) is 2.61. The predicted molar refractivity (Wildman–Crippen MR) is 124 cm³/mol. The molecule has 0 fully saturated rings. The van der Waals surface area contributed by atoms with E-state index in [9.17, 15) is 4.79 Å². The number of halogens is 1. The number of aryl methyl sites for hydroxylation is 1. The summed E-state index contributed by atoms with van der Waals surface area (Å²) in [5, 5.41) is 0.644. The summed E-state index contributed by atoms with van der Waals surface area (Å²) in [6, 6.07) is 9.14. The van der Waals surface area contributed by atoms with Crippen molar-refractivity contribution in [2.45, 2.75) is 32.7 Å². The number of methoxy groups -OCH3 is 2. The zero-order valence-corrected chi connectivity index (χ0v) is 19.0. The van der Waals surface area contributed by atoms with E-state index in [1.165, 1.54) is 14.2 Å². The Kier molecular flexibility index (Phi) is 6.41. The number of rotatable bonds is 8. The predicted octanol–water partition coefficient (Wildman–Crippen LogP) is 4.48. The zero-order chi connectivity index (χ0) is 22.7. The fraction of sp³-hybridized carbons (Fsp3) is 0.304. The second-order valence-electron chi connectivity index (χ2n) is 7.31. The molecule has 9 heteroatoms. The van der Waals surface area contributed by atoms with Gasteiger partial charge < -0.3 is 14.0 Å². The van der Waals surface area contributed by atoms with Crippen LogP contribution in [0.5, 0.6) is 11.9 Å². The fourth-order valence-electron chi connectivity index (χ4n) is 3.60. The van der Waals surface area contributed by atoms with Crippen LogP contribution in [-0.2, 0) is 6.54 Å². The molecular weight excluding hydrogens is 430 g/mol. The van der Waals surface area contributed by atoms with Gasteiger partial charge in [-0.2, -0.15) is 4.98 Å². The minimum Gasteiger partial charge on any atom is -0.480 e. The normalized spacial score (nSPS) is 11.1. The van der Waals surface area contributed by atoms with Crippen molar-refractivity contribution in [3.63, 3.8) is 0 Å². The van der Waals surface area contributed by atoms with Gasteiger partial charge in [0, 0.05) is 35.6 Å². The van der Waals surface area contributed by atoms with Crippen molar-refractivity contribution in [1.82, 2.24) is 23.9 Å². The van der Waals surface area contributed by atoms with Crippen molar-refractivity contribution in [3.8, 4) is 34.4 Å². The first kappa shape index (κ1) is 21.8. The molecule has 4 rings (SSSR count). The van der Waals surface area contributed by atoms with Crippen molar-refractivity contribution < 1.29 is 9.47 Å². The Labute approximate surface area is 190 Å². The molecule has 0 bridgehead atoms. The number of hydrogen-bond donors (Lipinski definition) is 0. The number of nitrogens with zero attached hydrogens (tertiary/aromatic N) is 5. The third-order valence-corrected chi connectivity index (χ3v) is 5.48. The smallest absolute Gasteiger partial charge is 0.319 e. The zero-order valence-electron chi connectivity index (χ0n) is 18.2. The molecular formula is C23H24ClN5O3. The van der Waals surface area contributed by atoms with Gasteiger partial charge in [-0.25, -0.2) is 9.97 Å². The van der Waals surface area contributed by atoms with Crippen molar-refractivity contribution in [2.24, 2.45) is 0 Å². The highest BCUT2D eigenvalue weighted by Crippen LogP contribution is 2.30. The monoisotopic (exact) mass is 453 g/mol.